The summed E-state index contributed by atoms with van der Waals surface area (Å²) in [6, 6.07) is 11.4. The van der Waals surface area contributed by atoms with Crippen LogP contribution in [-0.4, -0.2) is 24.5 Å². The van der Waals surface area contributed by atoms with E-state index < -0.39 is 0 Å². The number of hydrogen-bond donors (Lipinski definition) is 1. The van der Waals surface area contributed by atoms with Crippen LogP contribution in [-0.2, 0) is 6.54 Å². The van der Waals surface area contributed by atoms with Crippen LogP contribution in [0.3, 0.4) is 0 Å². The lowest BCUT2D eigenvalue weighted by Crippen LogP contribution is -2.37. The molecule has 1 aliphatic rings. The van der Waals surface area contributed by atoms with Gasteiger partial charge in [-0.2, -0.15) is 0 Å². The topological polar surface area (TPSA) is 29.3 Å². The molecule has 0 spiro atoms. The Hall–Kier alpha value is -0.860. The van der Waals surface area contributed by atoms with E-state index in [1.165, 1.54) is 24.8 Å². The molecule has 0 bridgehead atoms. The first-order valence-electron chi connectivity index (χ1n) is 6.25. The predicted molar refractivity (Wildman–Crippen MR) is 68.1 cm³/mol. The highest BCUT2D eigenvalue weighted by Crippen LogP contribution is 2.29. The maximum Gasteiger partial charge on any atom is 0.0233 e. The summed E-state index contributed by atoms with van der Waals surface area (Å²) in [7, 11) is 2.23. The van der Waals surface area contributed by atoms with Crippen LogP contribution >= 0.6 is 0 Å². The summed E-state index contributed by atoms with van der Waals surface area (Å²) in [5.74, 6) is 0.703. The largest absolute Gasteiger partial charge is 0.330 e. The van der Waals surface area contributed by atoms with E-state index in [2.05, 4.69) is 42.3 Å². The molecule has 88 valence electrons. The molecule has 1 aliphatic carbocycles. The lowest BCUT2D eigenvalue weighted by Gasteiger charge is -2.29. The SMILES string of the molecule is CN(Cc1ccccc1)C1CCCC1CN. The van der Waals surface area contributed by atoms with E-state index >= 15 is 0 Å². The van der Waals surface area contributed by atoms with Crippen molar-refractivity contribution >= 4 is 0 Å². The van der Waals surface area contributed by atoms with Crippen LogP contribution < -0.4 is 5.73 Å². The van der Waals surface area contributed by atoms with Crippen LogP contribution in [0.25, 0.3) is 0 Å². The number of nitrogens with two attached hydrogens (primary N) is 1. The van der Waals surface area contributed by atoms with E-state index in [0.29, 0.717) is 12.0 Å². The van der Waals surface area contributed by atoms with Gasteiger partial charge in [-0.1, -0.05) is 36.8 Å². The number of hydrogen-bond acceptors (Lipinski definition) is 2. The third kappa shape index (κ3) is 2.63. The van der Waals surface area contributed by atoms with Crippen molar-refractivity contribution in [2.45, 2.75) is 31.8 Å². The molecule has 0 aliphatic heterocycles. The van der Waals surface area contributed by atoms with Gasteiger partial charge in [0.15, 0.2) is 0 Å². The molecule has 0 saturated heterocycles. The van der Waals surface area contributed by atoms with Crippen molar-refractivity contribution in [2.24, 2.45) is 11.7 Å². The standard InChI is InChI=1S/C14H22N2/c1-16(11-12-6-3-2-4-7-12)14-9-5-8-13(14)10-15/h2-4,6-7,13-14H,5,8-11,15H2,1H3. The van der Waals surface area contributed by atoms with Gasteiger partial charge in [-0.05, 0) is 37.9 Å². The van der Waals surface area contributed by atoms with Gasteiger partial charge in [-0.15, -0.1) is 0 Å². The van der Waals surface area contributed by atoms with Crippen molar-refractivity contribution in [3.05, 3.63) is 35.9 Å². The Kier molecular flexibility index (Phi) is 3.97. The Morgan fingerprint density at radius 1 is 1.25 bits per heavy atom. The summed E-state index contributed by atoms with van der Waals surface area (Å²) >= 11 is 0. The zero-order valence-electron chi connectivity index (χ0n) is 10.1. The summed E-state index contributed by atoms with van der Waals surface area (Å²) in [6.07, 6.45) is 3.96. The van der Waals surface area contributed by atoms with Gasteiger partial charge in [-0.3, -0.25) is 4.90 Å². The zero-order chi connectivity index (χ0) is 11.4. The average Bonchev–Trinajstić information content (AvgIpc) is 2.78. The van der Waals surface area contributed by atoms with Gasteiger partial charge in [0.05, 0.1) is 0 Å². The summed E-state index contributed by atoms with van der Waals surface area (Å²) in [4.78, 5) is 2.47. The molecule has 2 rings (SSSR count). The third-order valence-electron chi connectivity index (χ3n) is 3.76. The van der Waals surface area contributed by atoms with E-state index in [-0.39, 0.29) is 0 Å². The van der Waals surface area contributed by atoms with Gasteiger partial charge in [0.2, 0.25) is 0 Å². The molecule has 0 amide bonds. The predicted octanol–water partition coefficient (Wildman–Crippen LogP) is 2.25. The van der Waals surface area contributed by atoms with Gasteiger partial charge in [0, 0.05) is 12.6 Å². The monoisotopic (exact) mass is 218 g/mol. The summed E-state index contributed by atoms with van der Waals surface area (Å²) in [5.41, 5.74) is 7.22. The highest BCUT2D eigenvalue weighted by molar-refractivity contribution is 5.14. The van der Waals surface area contributed by atoms with Crippen LogP contribution in [0.15, 0.2) is 30.3 Å². The van der Waals surface area contributed by atoms with E-state index in [9.17, 15) is 0 Å². The fourth-order valence-corrected chi connectivity index (χ4v) is 2.86. The van der Waals surface area contributed by atoms with Gasteiger partial charge in [-0.25, -0.2) is 0 Å². The molecular weight excluding hydrogens is 196 g/mol. The molecule has 0 radical (unpaired) electrons. The maximum absolute atomic E-state index is 5.83. The zero-order valence-corrected chi connectivity index (χ0v) is 10.1. The first-order valence-corrected chi connectivity index (χ1v) is 6.25. The molecule has 2 atom stereocenters. The second-order valence-corrected chi connectivity index (χ2v) is 4.89. The number of rotatable bonds is 4. The normalized spacial score (nSPS) is 25.2. The summed E-state index contributed by atoms with van der Waals surface area (Å²) in [5, 5.41) is 0. The second kappa shape index (κ2) is 5.46. The molecule has 1 aromatic rings. The average molecular weight is 218 g/mol. The van der Waals surface area contributed by atoms with Crippen molar-refractivity contribution < 1.29 is 0 Å². The lowest BCUT2D eigenvalue weighted by atomic mass is 10.0. The van der Waals surface area contributed by atoms with E-state index in [1.54, 1.807) is 0 Å². The molecule has 1 fully saturated rings. The highest BCUT2D eigenvalue weighted by Gasteiger charge is 2.28. The minimum Gasteiger partial charge on any atom is -0.330 e. The van der Waals surface area contributed by atoms with Crippen molar-refractivity contribution in [3.63, 3.8) is 0 Å². The highest BCUT2D eigenvalue weighted by atomic mass is 15.1. The minimum absolute atomic E-state index is 0.685. The molecule has 1 aromatic carbocycles. The molecule has 0 aromatic heterocycles. The van der Waals surface area contributed by atoms with Gasteiger partial charge in [0.25, 0.3) is 0 Å². The Labute approximate surface area is 98.4 Å². The minimum atomic E-state index is 0.685. The third-order valence-corrected chi connectivity index (χ3v) is 3.76. The Bertz CT molecular complexity index is 310. The Morgan fingerprint density at radius 2 is 2.00 bits per heavy atom. The van der Waals surface area contributed by atoms with Crippen LogP contribution in [0, 0.1) is 5.92 Å². The number of benzene rings is 1. The Balaban J connectivity index is 1.95. The first kappa shape index (κ1) is 11.6. The van der Waals surface area contributed by atoms with Crippen molar-refractivity contribution in [1.29, 1.82) is 0 Å². The van der Waals surface area contributed by atoms with Crippen LogP contribution in [0.5, 0.6) is 0 Å². The van der Waals surface area contributed by atoms with Crippen LogP contribution in [0.4, 0.5) is 0 Å². The molecule has 2 N–H and O–H groups in total. The first-order chi connectivity index (χ1) is 7.81. The molecule has 1 saturated carbocycles. The molecule has 2 unspecified atom stereocenters. The summed E-state index contributed by atoms with van der Waals surface area (Å²) in [6.45, 7) is 1.88. The molecule has 0 heterocycles. The van der Waals surface area contributed by atoms with Gasteiger partial charge in [0.1, 0.15) is 0 Å². The van der Waals surface area contributed by atoms with Crippen LogP contribution in [0.1, 0.15) is 24.8 Å². The molecule has 2 nitrogen and oxygen atoms in total. The smallest absolute Gasteiger partial charge is 0.0233 e. The van der Waals surface area contributed by atoms with Gasteiger partial charge < -0.3 is 5.73 Å². The van der Waals surface area contributed by atoms with Crippen molar-refractivity contribution in [1.82, 2.24) is 4.90 Å². The maximum atomic E-state index is 5.83. The van der Waals surface area contributed by atoms with Gasteiger partial charge >= 0.3 is 0 Å². The van der Waals surface area contributed by atoms with E-state index in [4.69, 9.17) is 5.73 Å². The van der Waals surface area contributed by atoms with Crippen LogP contribution in [0.2, 0.25) is 0 Å². The number of nitrogens with zero attached hydrogens (tertiary/aromatic N) is 1. The second-order valence-electron chi connectivity index (χ2n) is 4.89. The fourth-order valence-electron chi connectivity index (χ4n) is 2.86. The Morgan fingerprint density at radius 3 is 2.69 bits per heavy atom. The lowest BCUT2D eigenvalue weighted by molar-refractivity contribution is 0.193. The summed E-state index contributed by atoms with van der Waals surface area (Å²) < 4.78 is 0. The molecular formula is C14H22N2. The quantitative estimate of drug-likeness (QED) is 0.840. The van der Waals surface area contributed by atoms with Crippen molar-refractivity contribution in [3.8, 4) is 0 Å². The fraction of sp³-hybridized carbons (Fsp3) is 0.571. The van der Waals surface area contributed by atoms with E-state index in [0.717, 1.165) is 13.1 Å². The van der Waals surface area contributed by atoms with E-state index in [1.807, 2.05) is 0 Å². The molecule has 16 heavy (non-hydrogen) atoms. The molecule has 2 heteroatoms. The van der Waals surface area contributed by atoms with Crippen molar-refractivity contribution in [2.75, 3.05) is 13.6 Å².